The smallest absolute Gasteiger partial charge is 0.263 e. The van der Waals surface area contributed by atoms with E-state index in [1.807, 2.05) is 86.6 Å². The van der Waals surface area contributed by atoms with Crippen LogP contribution in [0.3, 0.4) is 0 Å². The highest BCUT2D eigenvalue weighted by molar-refractivity contribution is 7.22. The fourth-order valence-electron chi connectivity index (χ4n) is 3.84. The molecule has 3 aromatic carbocycles. The first-order valence-electron chi connectivity index (χ1n) is 10.5. The van der Waals surface area contributed by atoms with Crippen LogP contribution in [-0.2, 0) is 6.54 Å². The molecule has 0 aliphatic rings. The summed E-state index contributed by atoms with van der Waals surface area (Å²) in [6.45, 7) is 4.30. The highest BCUT2D eigenvalue weighted by Crippen LogP contribution is 2.34. The van der Waals surface area contributed by atoms with Crippen LogP contribution in [0.15, 0.2) is 79.0 Å². The van der Waals surface area contributed by atoms with E-state index in [1.54, 1.807) is 15.8 Å². The lowest BCUT2D eigenvalue weighted by Crippen LogP contribution is -2.30. The summed E-state index contributed by atoms with van der Waals surface area (Å²) >= 11 is 7.74. The minimum Gasteiger partial charge on any atom is -0.279 e. The van der Waals surface area contributed by atoms with Gasteiger partial charge in [-0.2, -0.15) is 5.10 Å². The van der Waals surface area contributed by atoms with Gasteiger partial charge in [0, 0.05) is 5.02 Å². The molecule has 0 saturated carbocycles. The van der Waals surface area contributed by atoms with Crippen LogP contribution in [-0.4, -0.2) is 20.7 Å². The molecule has 0 bridgehead atoms. The van der Waals surface area contributed by atoms with Crippen molar-refractivity contribution in [2.75, 3.05) is 4.90 Å². The van der Waals surface area contributed by atoms with Crippen molar-refractivity contribution in [2.45, 2.75) is 20.4 Å². The zero-order valence-electron chi connectivity index (χ0n) is 18.2. The van der Waals surface area contributed by atoms with Crippen molar-refractivity contribution in [2.24, 2.45) is 0 Å². The Morgan fingerprint density at radius 3 is 2.45 bits per heavy atom. The van der Waals surface area contributed by atoms with Crippen LogP contribution in [0.4, 0.5) is 5.13 Å². The minimum atomic E-state index is -0.138. The number of aryl methyl sites for hydroxylation is 1. The number of thiazole rings is 1. The number of carbonyl (C=O) groups excluding carboxylic acids is 1. The van der Waals surface area contributed by atoms with E-state index in [0.29, 0.717) is 22.3 Å². The number of benzene rings is 3. The Morgan fingerprint density at radius 1 is 1.03 bits per heavy atom. The lowest BCUT2D eigenvalue weighted by Gasteiger charge is -2.20. The van der Waals surface area contributed by atoms with Crippen LogP contribution < -0.4 is 4.90 Å². The second-order valence-electron chi connectivity index (χ2n) is 7.83. The number of fused-ring (bicyclic) bond motifs is 1. The number of para-hydroxylation sites is 1. The highest BCUT2D eigenvalue weighted by atomic mass is 35.5. The van der Waals surface area contributed by atoms with Crippen molar-refractivity contribution in [3.05, 3.63) is 106 Å². The Kier molecular flexibility index (Phi) is 5.70. The van der Waals surface area contributed by atoms with Crippen LogP contribution in [0.5, 0.6) is 0 Å². The molecule has 33 heavy (non-hydrogen) atoms. The van der Waals surface area contributed by atoms with E-state index in [0.717, 1.165) is 32.7 Å². The zero-order valence-corrected chi connectivity index (χ0v) is 19.8. The normalized spacial score (nSPS) is 11.1. The predicted octanol–water partition coefficient (Wildman–Crippen LogP) is 6.60. The van der Waals surface area contributed by atoms with Gasteiger partial charge in [-0.1, -0.05) is 71.5 Å². The first-order chi connectivity index (χ1) is 16.0. The molecule has 0 aliphatic carbocycles. The molecule has 2 heterocycles. The molecular weight excluding hydrogens is 452 g/mol. The van der Waals surface area contributed by atoms with Gasteiger partial charge in [-0.3, -0.25) is 9.69 Å². The van der Waals surface area contributed by atoms with E-state index in [4.69, 9.17) is 16.6 Å². The second-order valence-corrected chi connectivity index (χ2v) is 9.28. The number of nitrogens with zero attached hydrogens (tertiary/aromatic N) is 4. The molecule has 0 aliphatic heterocycles. The molecule has 2 aromatic heterocycles. The van der Waals surface area contributed by atoms with Crippen LogP contribution in [0.2, 0.25) is 5.02 Å². The monoisotopic (exact) mass is 472 g/mol. The van der Waals surface area contributed by atoms with Crippen molar-refractivity contribution in [3.63, 3.8) is 0 Å². The third-order valence-electron chi connectivity index (χ3n) is 5.54. The largest absolute Gasteiger partial charge is 0.279 e. The van der Waals surface area contributed by atoms with E-state index in [1.165, 1.54) is 11.3 Å². The minimum absolute atomic E-state index is 0.138. The summed E-state index contributed by atoms with van der Waals surface area (Å²) < 4.78 is 2.74. The number of amides is 1. The number of hydrogen-bond donors (Lipinski definition) is 0. The Labute approximate surface area is 200 Å². The van der Waals surface area contributed by atoms with Gasteiger partial charge >= 0.3 is 0 Å². The van der Waals surface area contributed by atoms with Crippen LogP contribution in [0.25, 0.3) is 15.9 Å². The number of carbonyl (C=O) groups is 1. The van der Waals surface area contributed by atoms with Crippen molar-refractivity contribution >= 4 is 44.2 Å². The van der Waals surface area contributed by atoms with Gasteiger partial charge in [0.05, 0.1) is 39.9 Å². The van der Waals surface area contributed by atoms with Crippen molar-refractivity contribution < 1.29 is 4.79 Å². The molecule has 0 radical (unpaired) electrons. The molecule has 0 spiro atoms. The molecule has 0 unspecified atom stereocenters. The standard InChI is InChI=1S/C26H21ClN4OS/c1-17-13-20(27)14-23-24(17)29-26(33-23)30(16-19-9-5-3-6-10-19)25(32)22-15-28-31(18(22)2)21-11-7-4-8-12-21/h3-15H,16H2,1-2H3. The molecule has 1 amide bonds. The van der Waals surface area contributed by atoms with E-state index in [2.05, 4.69) is 5.10 Å². The summed E-state index contributed by atoms with van der Waals surface area (Å²) in [5, 5.41) is 5.79. The summed E-state index contributed by atoms with van der Waals surface area (Å²) in [6, 6.07) is 23.5. The van der Waals surface area contributed by atoms with Gasteiger partial charge in [-0.25, -0.2) is 9.67 Å². The molecule has 0 N–H and O–H groups in total. The first-order valence-corrected chi connectivity index (χ1v) is 11.7. The van der Waals surface area contributed by atoms with Gasteiger partial charge in [0.15, 0.2) is 5.13 Å². The van der Waals surface area contributed by atoms with E-state index >= 15 is 0 Å². The van der Waals surface area contributed by atoms with Crippen LogP contribution in [0, 0.1) is 13.8 Å². The van der Waals surface area contributed by atoms with E-state index < -0.39 is 0 Å². The van der Waals surface area contributed by atoms with Gasteiger partial charge in [-0.15, -0.1) is 0 Å². The Bertz CT molecular complexity index is 1440. The van der Waals surface area contributed by atoms with Gasteiger partial charge < -0.3 is 0 Å². The quantitative estimate of drug-likeness (QED) is 0.289. The fraction of sp³-hybridized carbons (Fsp3) is 0.115. The maximum absolute atomic E-state index is 13.9. The maximum atomic E-state index is 13.9. The summed E-state index contributed by atoms with van der Waals surface area (Å²) in [7, 11) is 0. The van der Waals surface area contributed by atoms with Gasteiger partial charge in [0.25, 0.3) is 5.91 Å². The topological polar surface area (TPSA) is 51.0 Å². The third kappa shape index (κ3) is 4.15. The molecule has 7 heteroatoms. The Balaban J connectivity index is 1.59. The maximum Gasteiger partial charge on any atom is 0.263 e. The van der Waals surface area contributed by atoms with Crippen molar-refractivity contribution in [3.8, 4) is 5.69 Å². The summed E-state index contributed by atoms with van der Waals surface area (Å²) in [5.41, 5.74) is 5.11. The molecule has 0 atom stereocenters. The van der Waals surface area contributed by atoms with Gasteiger partial charge in [-0.05, 0) is 49.2 Å². The van der Waals surface area contributed by atoms with Gasteiger partial charge in [0.1, 0.15) is 0 Å². The summed E-state index contributed by atoms with van der Waals surface area (Å²) in [6.07, 6.45) is 1.64. The molecule has 0 fully saturated rings. The SMILES string of the molecule is Cc1cc(Cl)cc2sc(N(Cc3ccccc3)C(=O)c3cnn(-c4ccccc4)c3C)nc12. The first kappa shape index (κ1) is 21.4. The Morgan fingerprint density at radius 2 is 1.73 bits per heavy atom. The lowest BCUT2D eigenvalue weighted by molar-refractivity contribution is 0.0984. The Hall–Kier alpha value is -3.48. The lowest BCUT2D eigenvalue weighted by atomic mass is 10.2. The predicted molar refractivity (Wildman–Crippen MR) is 135 cm³/mol. The summed E-state index contributed by atoms with van der Waals surface area (Å²) in [5.74, 6) is -0.138. The number of rotatable bonds is 5. The van der Waals surface area contributed by atoms with Crippen molar-refractivity contribution in [1.29, 1.82) is 0 Å². The molecule has 5 nitrogen and oxygen atoms in total. The van der Waals surface area contributed by atoms with E-state index in [9.17, 15) is 4.79 Å². The zero-order chi connectivity index (χ0) is 22.9. The molecule has 164 valence electrons. The molecule has 5 aromatic rings. The van der Waals surface area contributed by atoms with Crippen molar-refractivity contribution in [1.82, 2.24) is 14.8 Å². The number of aromatic nitrogens is 3. The molecule has 5 rings (SSSR count). The number of anilines is 1. The van der Waals surface area contributed by atoms with E-state index in [-0.39, 0.29) is 5.91 Å². The number of halogens is 1. The van der Waals surface area contributed by atoms with Crippen LogP contribution >= 0.6 is 22.9 Å². The van der Waals surface area contributed by atoms with Gasteiger partial charge in [0.2, 0.25) is 0 Å². The third-order valence-corrected chi connectivity index (χ3v) is 6.78. The second kappa shape index (κ2) is 8.81. The molecular formula is C26H21ClN4OS. The summed E-state index contributed by atoms with van der Waals surface area (Å²) in [4.78, 5) is 20.4. The number of hydrogen-bond acceptors (Lipinski definition) is 4. The fourth-order valence-corrected chi connectivity index (χ4v) is 5.26. The average molecular weight is 473 g/mol. The average Bonchev–Trinajstić information content (AvgIpc) is 3.42. The molecule has 0 saturated heterocycles. The van der Waals surface area contributed by atoms with Crippen LogP contribution in [0.1, 0.15) is 27.2 Å². The highest BCUT2D eigenvalue weighted by Gasteiger charge is 2.26.